The van der Waals surface area contributed by atoms with Crippen LogP contribution in [0.25, 0.3) is 0 Å². The Balaban J connectivity index is 1.76. The van der Waals surface area contributed by atoms with Gasteiger partial charge in [-0.3, -0.25) is 14.6 Å². The first kappa shape index (κ1) is 14.2. The summed E-state index contributed by atoms with van der Waals surface area (Å²) < 4.78 is 0. The van der Waals surface area contributed by atoms with Crippen LogP contribution < -0.4 is 10.9 Å². The molecule has 2 fully saturated rings. The number of dihydropyridines is 1. The Hall–Kier alpha value is -1.73. The third kappa shape index (κ3) is 2.71. The first-order chi connectivity index (χ1) is 10.2. The fourth-order valence-corrected chi connectivity index (χ4v) is 3.15. The number of hydrogen-bond donors (Lipinski definition) is 2. The van der Waals surface area contributed by atoms with Gasteiger partial charge in [0.1, 0.15) is 6.04 Å². The highest BCUT2D eigenvalue weighted by molar-refractivity contribution is 5.97. The maximum Gasteiger partial charge on any atom is 0.263 e. The third-order valence-electron chi connectivity index (χ3n) is 4.22. The van der Waals surface area contributed by atoms with Crippen molar-refractivity contribution in [2.24, 2.45) is 10.9 Å². The standard InChI is InChI=1S/C14H21N5O2/c1-10(20)19(18-7-3-2-4-8-18)14(21)13-11-9-15-6-5-12(11)16-17-13/h5-6,11,13,16-17H,2-4,7-9H2,1H3. The van der Waals surface area contributed by atoms with Gasteiger partial charge in [-0.1, -0.05) is 6.42 Å². The van der Waals surface area contributed by atoms with Crippen LogP contribution in [0.4, 0.5) is 0 Å². The molecule has 2 N–H and O–H groups in total. The number of imide groups is 1. The van der Waals surface area contributed by atoms with Gasteiger partial charge in [0, 0.05) is 44.4 Å². The van der Waals surface area contributed by atoms with Crippen molar-refractivity contribution in [3.63, 3.8) is 0 Å². The average molecular weight is 291 g/mol. The summed E-state index contributed by atoms with van der Waals surface area (Å²) >= 11 is 0. The second-order valence-electron chi connectivity index (χ2n) is 5.67. The Morgan fingerprint density at radius 2 is 2.10 bits per heavy atom. The summed E-state index contributed by atoms with van der Waals surface area (Å²) in [5.41, 5.74) is 7.00. The highest BCUT2D eigenvalue weighted by atomic mass is 16.2. The Morgan fingerprint density at radius 1 is 1.33 bits per heavy atom. The van der Waals surface area contributed by atoms with Crippen LogP contribution in [0.15, 0.2) is 16.8 Å². The number of carbonyl (C=O) groups is 2. The summed E-state index contributed by atoms with van der Waals surface area (Å²) in [7, 11) is 0. The second-order valence-corrected chi connectivity index (χ2v) is 5.67. The lowest BCUT2D eigenvalue weighted by atomic mass is 9.96. The normalized spacial score (nSPS) is 28.5. The lowest BCUT2D eigenvalue weighted by Crippen LogP contribution is -2.57. The van der Waals surface area contributed by atoms with Gasteiger partial charge < -0.3 is 5.43 Å². The molecule has 2 amide bonds. The molecule has 0 radical (unpaired) electrons. The highest BCUT2D eigenvalue weighted by Crippen LogP contribution is 2.24. The maximum absolute atomic E-state index is 12.8. The highest BCUT2D eigenvalue weighted by Gasteiger charge is 2.42. The molecular weight excluding hydrogens is 270 g/mol. The van der Waals surface area contributed by atoms with E-state index in [2.05, 4.69) is 15.8 Å². The Morgan fingerprint density at radius 3 is 2.81 bits per heavy atom. The Bertz CT molecular complexity index is 496. The van der Waals surface area contributed by atoms with Gasteiger partial charge in [-0.2, -0.15) is 0 Å². The van der Waals surface area contributed by atoms with Gasteiger partial charge in [0.05, 0.1) is 0 Å². The van der Waals surface area contributed by atoms with E-state index in [0.717, 1.165) is 38.0 Å². The van der Waals surface area contributed by atoms with Crippen LogP contribution in [0, 0.1) is 5.92 Å². The molecule has 3 aliphatic rings. The molecule has 3 rings (SSSR count). The molecule has 2 atom stereocenters. The van der Waals surface area contributed by atoms with Gasteiger partial charge in [-0.05, 0) is 18.9 Å². The minimum Gasteiger partial charge on any atom is -0.324 e. The van der Waals surface area contributed by atoms with Crippen LogP contribution >= 0.6 is 0 Å². The first-order valence-electron chi connectivity index (χ1n) is 7.49. The van der Waals surface area contributed by atoms with E-state index >= 15 is 0 Å². The van der Waals surface area contributed by atoms with Crippen molar-refractivity contribution in [1.82, 2.24) is 20.9 Å². The van der Waals surface area contributed by atoms with Gasteiger partial charge in [-0.15, -0.1) is 0 Å². The number of aliphatic imine (C=N–C) groups is 1. The zero-order valence-electron chi connectivity index (χ0n) is 12.2. The number of nitrogens with one attached hydrogen (secondary N) is 2. The van der Waals surface area contributed by atoms with Crippen molar-refractivity contribution in [2.75, 3.05) is 19.6 Å². The lowest BCUT2D eigenvalue weighted by Gasteiger charge is -2.36. The van der Waals surface area contributed by atoms with Crippen molar-refractivity contribution in [1.29, 1.82) is 0 Å². The maximum atomic E-state index is 12.8. The molecule has 0 bridgehead atoms. The largest absolute Gasteiger partial charge is 0.324 e. The van der Waals surface area contributed by atoms with Crippen LogP contribution in [0.2, 0.25) is 0 Å². The van der Waals surface area contributed by atoms with Crippen molar-refractivity contribution in [2.45, 2.75) is 32.2 Å². The summed E-state index contributed by atoms with van der Waals surface area (Å²) in [5, 5.41) is 3.20. The quantitative estimate of drug-likeness (QED) is 0.738. The summed E-state index contributed by atoms with van der Waals surface area (Å²) in [4.78, 5) is 29.0. The van der Waals surface area contributed by atoms with E-state index in [0.29, 0.717) is 6.54 Å². The minimum atomic E-state index is -0.445. The molecule has 0 aromatic carbocycles. The van der Waals surface area contributed by atoms with Crippen LogP contribution in [0.5, 0.6) is 0 Å². The number of hydrogen-bond acceptors (Lipinski definition) is 6. The number of allylic oxidation sites excluding steroid dienone is 1. The molecule has 21 heavy (non-hydrogen) atoms. The molecule has 7 heteroatoms. The summed E-state index contributed by atoms with van der Waals surface area (Å²) in [6, 6.07) is -0.445. The monoisotopic (exact) mass is 291 g/mol. The SMILES string of the molecule is CC(=O)N(C(=O)C1NNC2=CC=NCC21)N1CCCCC1. The number of amides is 2. The molecule has 114 valence electrons. The van der Waals surface area contributed by atoms with Crippen LogP contribution in [0.1, 0.15) is 26.2 Å². The molecule has 3 aliphatic heterocycles. The van der Waals surface area contributed by atoms with Gasteiger partial charge in [0.25, 0.3) is 5.91 Å². The van der Waals surface area contributed by atoms with Gasteiger partial charge >= 0.3 is 0 Å². The molecule has 0 aromatic rings. The van der Waals surface area contributed by atoms with Crippen molar-refractivity contribution in [3.05, 3.63) is 11.8 Å². The zero-order chi connectivity index (χ0) is 14.8. The topological polar surface area (TPSA) is 77.0 Å². The van der Waals surface area contributed by atoms with Gasteiger partial charge in [0.2, 0.25) is 5.91 Å². The van der Waals surface area contributed by atoms with Crippen molar-refractivity contribution < 1.29 is 9.59 Å². The summed E-state index contributed by atoms with van der Waals surface area (Å²) in [6.45, 7) is 3.53. The van der Waals surface area contributed by atoms with Gasteiger partial charge in [-0.25, -0.2) is 15.4 Å². The lowest BCUT2D eigenvalue weighted by molar-refractivity contribution is -0.166. The molecule has 0 spiro atoms. The molecule has 7 nitrogen and oxygen atoms in total. The smallest absolute Gasteiger partial charge is 0.263 e. The van der Waals surface area contributed by atoms with Gasteiger partial charge in [0.15, 0.2) is 0 Å². The van der Waals surface area contributed by atoms with Crippen LogP contribution in [0.3, 0.4) is 0 Å². The Kier molecular flexibility index (Phi) is 4.03. The third-order valence-corrected chi connectivity index (χ3v) is 4.22. The van der Waals surface area contributed by atoms with E-state index < -0.39 is 6.04 Å². The van der Waals surface area contributed by atoms with E-state index in [1.54, 1.807) is 6.21 Å². The van der Waals surface area contributed by atoms with E-state index in [4.69, 9.17) is 0 Å². The predicted molar refractivity (Wildman–Crippen MR) is 77.9 cm³/mol. The molecule has 3 heterocycles. The van der Waals surface area contributed by atoms with Crippen molar-refractivity contribution in [3.8, 4) is 0 Å². The number of fused-ring (bicyclic) bond motifs is 1. The van der Waals surface area contributed by atoms with E-state index in [-0.39, 0.29) is 17.7 Å². The minimum absolute atomic E-state index is 0.0193. The van der Waals surface area contributed by atoms with E-state index in [9.17, 15) is 9.59 Å². The molecule has 0 aromatic heterocycles. The summed E-state index contributed by atoms with van der Waals surface area (Å²) in [5.74, 6) is -0.433. The van der Waals surface area contributed by atoms with Crippen LogP contribution in [-0.2, 0) is 9.59 Å². The number of carbonyl (C=O) groups excluding carboxylic acids is 2. The fourth-order valence-electron chi connectivity index (χ4n) is 3.15. The molecule has 0 saturated carbocycles. The molecule has 0 aliphatic carbocycles. The number of nitrogens with zero attached hydrogens (tertiary/aromatic N) is 3. The molecule has 2 unspecified atom stereocenters. The molecular formula is C14H21N5O2. The summed E-state index contributed by atoms with van der Waals surface area (Å²) in [6.07, 6.45) is 6.80. The fraction of sp³-hybridized carbons (Fsp3) is 0.643. The first-order valence-corrected chi connectivity index (χ1v) is 7.49. The average Bonchev–Trinajstić information content (AvgIpc) is 2.92. The predicted octanol–water partition coefficient (Wildman–Crippen LogP) is -0.177. The Labute approximate surface area is 124 Å². The zero-order valence-corrected chi connectivity index (χ0v) is 12.2. The number of piperidine rings is 1. The van der Waals surface area contributed by atoms with Crippen molar-refractivity contribution >= 4 is 18.0 Å². The van der Waals surface area contributed by atoms with E-state index in [1.807, 2.05) is 11.1 Å². The number of hydrazine groups is 2. The van der Waals surface area contributed by atoms with Crippen LogP contribution in [-0.4, -0.2) is 53.7 Å². The van der Waals surface area contributed by atoms with E-state index in [1.165, 1.54) is 11.9 Å². The second kappa shape index (κ2) is 5.95. The number of rotatable bonds is 2. The molecule has 2 saturated heterocycles.